The molecule has 76 valence electrons. The summed E-state index contributed by atoms with van der Waals surface area (Å²) in [5.74, 6) is -1.26. The van der Waals surface area contributed by atoms with Gasteiger partial charge in [-0.1, -0.05) is 11.6 Å². The highest BCUT2D eigenvalue weighted by Crippen LogP contribution is 2.25. The standard InChI is InChI=1S/C10H5ClFNO2/c11-10-6(4-14)1-5-2-9(15)7(12)3-8(5)13-10/h1-4,15H. The van der Waals surface area contributed by atoms with Gasteiger partial charge in [0, 0.05) is 11.5 Å². The van der Waals surface area contributed by atoms with Crippen LogP contribution >= 0.6 is 11.6 Å². The lowest BCUT2D eigenvalue weighted by Crippen LogP contribution is -1.89. The summed E-state index contributed by atoms with van der Waals surface area (Å²) >= 11 is 5.67. The molecular formula is C10H5ClFNO2. The van der Waals surface area contributed by atoms with Crippen LogP contribution in [0, 0.1) is 5.82 Å². The maximum atomic E-state index is 13.0. The Hall–Kier alpha value is -1.68. The number of hydrogen-bond donors (Lipinski definition) is 1. The number of aromatic nitrogens is 1. The molecule has 0 aliphatic rings. The van der Waals surface area contributed by atoms with E-state index in [1.165, 1.54) is 12.1 Å². The minimum Gasteiger partial charge on any atom is -0.505 e. The number of carbonyl (C=O) groups excluding carboxylic acids is 1. The summed E-state index contributed by atoms with van der Waals surface area (Å²) in [5, 5.41) is 9.60. The van der Waals surface area contributed by atoms with E-state index in [1.54, 1.807) is 0 Å². The second-order valence-electron chi connectivity index (χ2n) is 2.98. The number of rotatable bonds is 1. The smallest absolute Gasteiger partial charge is 0.166 e. The Morgan fingerprint density at radius 2 is 2.13 bits per heavy atom. The predicted octanol–water partition coefficient (Wildman–Crippen LogP) is 2.55. The average Bonchev–Trinajstić information content (AvgIpc) is 2.20. The number of aromatic hydroxyl groups is 1. The fraction of sp³-hybridized carbons (Fsp3) is 0. The molecule has 1 aromatic carbocycles. The van der Waals surface area contributed by atoms with Crippen molar-refractivity contribution in [2.75, 3.05) is 0 Å². The Kier molecular flexibility index (Phi) is 2.28. The Morgan fingerprint density at radius 1 is 1.40 bits per heavy atom. The first-order chi connectivity index (χ1) is 7.11. The van der Waals surface area contributed by atoms with Crippen molar-refractivity contribution in [3.8, 4) is 5.75 Å². The molecule has 1 aromatic heterocycles. The van der Waals surface area contributed by atoms with Crippen LogP contribution in [0.1, 0.15) is 10.4 Å². The lowest BCUT2D eigenvalue weighted by Gasteiger charge is -2.02. The van der Waals surface area contributed by atoms with E-state index < -0.39 is 11.6 Å². The van der Waals surface area contributed by atoms with Crippen LogP contribution in [0.4, 0.5) is 4.39 Å². The Balaban J connectivity index is 2.82. The molecule has 0 unspecified atom stereocenters. The van der Waals surface area contributed by atoms with Crippen LogP contribution < -0.4 is 0 Å². The molecule has 3 nitrogen and oxygen atoms in total. The minimum atomic E-state index is -0.773. The number of halogens is 2. The second-order valence-corrected chi connectivity index (χ2v) is 3.34. The molecule has 0 saturated carbocycles. The molecule has 2 aromatic rings. The van der Waals surface area contributed by atoms with Crippen LogP contribution in [0.5, 0.6) is 5.75 Å². The molecule has 0 aliphatic carbocycles. The molecule has 0 saturated heterocycles. The van der Waals surface area contributed by atoms with Crippen molar-refractivity contribution >= 4 is 28.8 Å². The van der Waals surface area contributed by atoms with Gasteiger partial charge >= 0.3 is 0 Å². The highest BCUT2D eigenvalue weighted by molar-refractivity contribution is 6.32. The zero-order valence-corrected chi connectivity index (χ0v) is 8.12. The zero-order chi connectivity index (χ0) is 11.0. The number of phenols is 1. The minimum absolute atomic E-state index is 0.0163. The molecule has 0 spiro atoms. The number of hydrogen-bond acceptors (Lipinski definition) is 3. The number of phenolic OH excluding ortho intramolecular Hbond substituents is 1. The van der Waals surface area contributed by atoms with Crippen molar-refractivity contribution in [3.63, 3.8) is 0 Å². The first-order valence-corrected chi connectivity index (χ1v) is 4.43. The van der Waals surface area contributed by atoms with Gasteiger partial charge in [0.05, 0.1) is 11.1 Å². The largest absolute Gasteiger partial charge is 0.505 e. The van der Waals surface area contributed by atoms with Crippen molar-refractivity contribution in [1.82, 2.24) is 4.98 Å². The number of benzene rings is 1. The molecular weight excluding hydrogens is 221 g/mol. The third-order valence-corrected chi connectivity index (χ3v) is 2.29. The fourth-order valence-corrected chi connectivity index (χ4v) is 1.45. The van der Waals surface area contributed by atoms with Crippen LogP contribution in [-0.4, -0.2) is 16.4 Å². The lowest BCUT2D eigenvalue weighted by molar-refractivity contribution is 0.112. The molecule has 0 atom stereocenters. The van der Waals surface area contributed by atoms with Crippen molar-refractivity contribution in [2.24, 2.45) is 0 Å². The molecule has 0 radical (unpaired) electrons. The number of pyridine rings is 1. The van der Waals surface area contributed by atoms with Gasteiger partial charge in [0.2, 0.25) is 0 Å². The van der Waals surface area contributed by atoms with Crippen LogP contribution in [0.25, 0.3) is 10.9 Å². The number of nitrogens with zero attached hydrogens (tertiary/aromatic N) is 1. The van der Waals surface area contributed by atoms with Crippen LogP contribution in [0.2, 0.25) is 5.15 Å². The summed E-state index contributed by atoms with van der Waals surface area (Å²) in [4.78, 5) is 14.4. The van der Waals surface area contributed by atoms with Gasteiger partial charge in [-0.15, -0.1) is 0 Å². The molecule has 2 rings (SSSR count). The van der Waals surface area contributed by atoms with Gasteiger partial charge in [-0.05, 0) is 12.1 Å². The lowest BCUT2D eigenvalue weighted by atomic mass is 10.1. The first-order valence-electron chi connectivity index (χ1n) is 4.06. The van der Waals surface area contributed by atoms with Crippen molar-refractivity contribution in [3.05, 3.63) is 34.7 Å². The Morgan fingerprint density at radius 3 is 2.80 bits per heavy atom. The van der Waals surface area contributed by atoms with E-state index >= 15 is 0 Å². The molecule has 15 heavy (non-hydrogen) atoms. The van der Waals surface area contributed by atoms with Crippen molar-refractivity contribution in [2.45, 2.75) is 0 Å². The summed E-state index contributed by atoms with van der Waals surface area (Å²) in [5.41, 5.74) is 0.496. The topological polar surface area (TPSA) is 50.2 Å². The van der Waals surface area contributed by atoms with Crippen molar-refractivity contribution < 1.29 is 14.3 Å². The van der Waals surface area contributed by atoms with E-state index in [4.69, 9.17) is 16.7 Å². The molecule has 0 fully saturated rings. The summed E-state index contributed by atoms with van der Waals surface area (Å²) in [6.45, 7) is 0. The first kappa shape index (κ1) is 9.86. The monoisotopic (exact) mass is 225 g/mol. The van der Waals surface area contributed by atoms with Gasteiger partial charge in [-0.25, -0.2) is 9.37 Å². The Bertz CT molecular complexity index is 557. The van der Waals surface area contributed by atoms with E-state index in [0.717, 1.165) is 6.07 Å². The van der Waals surface area contributed by atoms with Crippen LogP contribution in [0.3, 0.4) is 0 Å². The maximum Gasteiger partial charge on any atom is 0.166 e. The van der Waals surface area contributed by atoms with Gasteiger partial charge < -0.3 is 5.11 Å². The number of aldehydes is 1. The maximum absolute atomic E-state index is 13.0. The summed E-state index contributed by atoms with van der Waals surface area (Å²) in [6, 6.07) is 3.70. The molecule has 1 heterocycles. The van der Waals surface area contributed by atoms with Gasteiger partial charge in [-0.3, -0.25) is 4.79 Å². The van der Waals surface area contributed by atoms with Gasteiger partial charge in [0.15, 0.2) is 17.9 Å². The zero-order valence-electron chi connectivity index (χ0n) is 7.37. The van der Waals surface area contributed by atoms with E-state index in [-0.39, 0.29) is 10.7 Å². The van der Waals surface area contributed by atoms with E-state index in [2.05, 4.69) is 4.98 Å². The van der Waals surface area contributed by atoms with Crippen LogP contribution in [-0.2, 0) is 0 Å². The number of carbonyl (C=O) groups is 1. The van der Waals surface area contributed by atoms with E-state index in [9.17, 15) is 9.18 Å². The van der Waals surface area contributed by atoms with Gasteiger partial charge in [-0.2, -0.15) is 0 Å². The summed E-state index contributed by atoms with van der Waals surface area (Å²) in [6.07, 6.45) is 0.551. The van der Waals surface area contributed by atoms with Crippen LogP contribution in [0.15, 0.2) is 18.2 Å². The molecule has 1 N–H and O–H groups in total. The summed E-state index contributed by atoms with van der Waals surface area (Å²) < 4.78 is 13.0. The fourth-order valence-electron chi connectivity index (χ4n) is 1.26. The highest BCUT2D eigenvalue weighted by Gasteiger charge is 2.08. The second kappa shape index (κ2) is 3.47. The third kappa shape index (κ3) is 1.64. The van der Waals surface area contributed by atoms with E-state index in [1.807, 2.05) is 0 Å². The van der Waals surface area contributed by atoms with Crippen molar-refractivity contribution in [1.29, 1.82) is 0 Å². The molecule has 0 amide bonds. The van der Waals surface area contributed by atoms with Gasteiger partial charge in [0.1, 0.15) is 5.15 Å². The summed E-state index contributed by atoms with van der Waals surface area (Å²) in [7, 11) is 0. The SMILES string of the molecule is O=Cc1cc2cc(O)c(F)cc2nc1Cl. The molecule has 0 bridgehead atoms. The quantitative estimate of drug-likeness (QED) is 0.599. The highest BCUT2D eigenvalue weighted by atomic mass is 35.5. The normalized spacial score (nSPS) is 10.5. The molecule has 5 heteroatoms. The third-order valence-electron chi connectivity index (χ3n) is 1.99. The van der Waals surface area contributed by atoms with E-state index in [0.29, 0.717) is 17.2 Å². The molecule has 0 aliphatic heterocycles. The predicted molar refractivity (Wildman–Crippen MR) is 53.8 cm³/mol. The number of fused-ring (bicyclic) bond motifs is 1. The van der Waals surface area contributed by atoms with Gasteiger partial charge in [0.25, 0.3) is 0 Å². The Labute approximate surface area is 89.1 Å². The average molecular weight is 226 g/mol.